The number of phenols is 1. The van der Waals surface area contributed by atoms with E-state index in [0.717, 1.165) is 36.2 Å². The maximum Gasteiger partial charge on any atom is 0.243 e. The first kappa shape index (κ1) is 14.0. The molecule has 114 valence electrons. The van der Waals surface area contributed by atoms with Crippen molar-refractivity contribution in [2.75, 3.05) is 26.2 Å². The average Bonchev–Trinajstić information content (AvgIpc) is 2.38. The second kappa shape index (κ2) is 4.22. The van der Waals surface area contributed by atoms with Crippen LogP contribution in [0.15, 0.2) is 22.7 Å². The quantitative estimate of drug-likeness (QED) is 0.541. The van der Waals surface area contributed by atoms with Crippen LogP contribution in [0.3, 0.4) is 0 Å². The number of benzene rings is 1. The Bertz CT molecular complexity index is 568. The van der Waals surface area contributed by atoms with Crippen molar-refractivity contribution in [2.24, 2.45) is 10.8 Å². The van der Waals surface area contributed by atoms with Crippen molar-refractivity contribution in [2.45, 2.75) is 26.1 Å². The van der Waals surface area contributed by atoms with Crippen LogP contribution in [0, 0.1) is 10.8 Å². The van der Waals surface area contributed by atoms with Crippen molar-refractivity contribution in [1.29, 1.82) is 0 Å². The molecule has 4 N–H and O–H groups in total. The van der Waals surface area contributed by atoms with Gasteiger partial charge in [0, 0.05) is 4.47 Å². The number of rotatable bonds is 1. The highest BCUT2D eigenvalue weighted by molar-refractivity contribution is 9.10. The van der Waals surface area contributed by atoms with Gasteiger partial charge in [0.2, 0.25) is 6.17 Å². The first-order valence-electron chi connectivity index (χ1n) is 7.68. The van der Waals surface area contributed by atoms with Crippen LogP contribution in [0.5, 0.6) is 5.75 Å². The number of quaternary nitrogens is 2. The van der Waals surface area contributed by atoms with Crippen LogP contribution in [-0.2, 0) is 0 Å². The summed E-state index contributed by atoms with van der Waals surface area (Å²) in [6.07, 6.45) is 0.0886. The predicted molar refractivity (Wildman–Crippen MR) is 82.2 cm³/mol. The molecule has 5 heteroatoms. The number of aliphatic hydroxyl groups excluding tert-OH is 1. The fraction of sp³-hybridized carbons (Fsp3) is 0.625. The van der Waals surface area contributed by atoms with E-state index in [4.69, 9.17) is 0 Å². The summed E-state index contributed by atoms with van der Waals surface area (Å²) in [5.74, 6) is 0.395. The molecule has 21 heavy (non-hydrogen) atoms. The number of nitrogens with one attached hydrogen (secondary N) is 2. The topological polar surface area (TPSA) is 49.3 Å². The molecular formula is C16H23BrN2O2+2. The molecule has 4 aliphatic rings. The lowest BCUT2D eigenvalue weighted by Gasteiger charge is -2.62. The highest BCUT2D eigenvalue weighted by atomic mass is 79.9. The van der Waals surface area contributed by atoms with E-state index >= 15 is 0 Å². The molecule has 4 aliphatic heterocycles. The molecule has 0 aromatic heterocycles. The van der Waals surface area contributed by atoms with Gasteiger partial charge < -0.3 is 10.2 Å². The Hall–Kier alpha value is -0.620. The van der Waals surface area contributed by atoms with Crippen LogP contribution in [0.25, 0.3) is 0 Å². The van der Waals surface area contributed by atoms with Crippen LogP contribution in [0.1, 0.15) is 25.6 Å². The van der Waals surface area contributed by atoms with E-state index in [0.29, 0.717) is 5.75 Å². The van der Waals surface area contributed by atoms with Crippen LogP contribution in [-0.4, -0.2) is 42.5 Å². The number of piperidine rings is 2. The van der Waals surface area contributed by atoms with E-state index in [1.807, 2.05) is 6.07 Å². The summed E-state index contributed by atoms with van der Waals surface area (Å²) in [5.41, 5.74) is 1.05. The molecule has 0 amide bonds. The average molecular weight is 355 g/mol. The molecule has 5 rings (SSSR count). The molecule has 4 bridgehead atoms. The zero-order valence-electron chi connectivity index (χ0n) is 12.5. The fourth-order valence-electron chi connectivity index (χ4n) is 5.45. The first-order valence-corrected chi connectivity index (χ1v) is 8.47. The zero-order chi connectivity index (χ0) is 15.0. The Labute approximate surface area is 133 Å². The minimum Gasteiger partial charge on any atom is -0.507 e. The highest BCUT2D eigenvalue weighted by Crippen LogP contribution is 2.40. The van der Waals surface area contributed by atoms with Gasteiger partial charge in [-0.15, -0.1) is 0 Å². The highest BCUT2D eigenvalue weighted by Gasteiger charge is 2.68. The van der Waals surface area contributed by atoms with Gasteiger partial charge in [-0.2, -0.15) is 0 Å². The lowest BCUT2D eigenvalue weighted by molar-refractivity contribution is -1.19. The van der Waals surface area contributed by atoms with Gasteiger partial charge in [-0.1, -0.05) is 15.9 Å². The minimum atomic E-state index is -0.199. The number of aromatic hydroxyl groups is 1. The van der Waals surface area contributed by atoms with Crippen LogP contribution in [0.4, 0.5) is 0 Å². The maximum absolute atomic E-state index is 10.7. The van der Waals surface area contributed by atoms with Crippen LogP contribution in [0.2, 0.25) is 0 Å². The number of aliphatic hydroxyl groups is 1. The van der Waals surface area contributed by atoms with Gasteiger partial charge in [-0.3, -0.25) is 9.80 Å². The van der Waals surface area contributed by atoms with E-state index in [1.54, 1.807) is 6.07 Å². The number of hydrogen-bond donors (Lipinski definition) is 4. The molecule has 4 heterocycles. The van der Waals surface area contributed by atoms with Gasteiger partial charge in [-0.25, -0.2) is 0 Å². The molecule has 0 spiro atoms. The van der Waals surface area contributed by atoms with Crippen molar-refractivity contribution < 1.29 is 20.0 Å². The second-order valence-corrected chi connectivity index (χ2v) is 8.79. The van der Waals surface area contributed by atoms with Gasteiger partial charge in [0.1, 0.15) is 11.3 Å². The first-order chi connectivity index (χ1) is 9.82. The third-order valence-electron chi connectivity index (χ3n) is 5.96. The Balaban J connectivity index is 1.77. The number of hydrogen-bond acceptors (Lipinski definition) is 2. The summed E-state index contributed by atoms with van der Waals surface area (Å²) >= 11 is 3.52. The Morgan fingerprint density at radius 2 is 1.62 bits per heavy atom. The number of phenolic OH excluding ortho intramolecular Hbond substituents is 1. The van der Waals surface area contributed by atoms with Crippen molar-refractivity contribution in [1.82, 2.24) is 0 Å². The molecule has 1 aromatic rings. The summed E-state index contributed by atoms with van der Waals surface area (Å²) in [6, 6.07) is 5.73. The smallest absolute Gasteiger partial charge is 0.243 e. The minimum absolute atomic E-state index is 0.00798. The van der Waals surface area contributed by atoms with E-state index in [-0.39, 0.29) is 23.1 Å². The molecule has 1 aromatic carbocycles. The van der Waals surface area contributed by atoms with Gasteiger partial charge in [0.15, 0.2) is 0 Å². The molecule has 0 aliphatic carbocycles. The summed E-state index contributed by atoms with van der Waals surface area (Å²) in [6.45, 7) is 8.41. The molecular weight excluding hydrogens is 332 g/mol. The molecule has 0 unspecified atom stereocenters. The summed E-state index contributed by atoms with van der Waals surface area (Å²) in [7, 11) is 0. The predicted octanol–water partition coefficient (Wildman–Crippen LogP) is -0.663. The Morgan fingerprint density at radius 1 is 1.10 bits per heavy atom. The van der Waals surface area contributed by atoms with E-state index < -0.39 is 0 Å². The normalized spacial score (nSPS) is 47.8. The standard InChI is InChI=1S/C16H21BrN2O2/c1-15-6-18-8-16(2,14(15)21)9-19(7-15)13(18)11-5-10(17)3-4-12(11)20/h3-5,13-14,20-21H,6-9H2,1-2H3/p+2. The monoisotopic (exact) mass is 354 g/mol. The van der Waals surface area contributed by atoms with Crippen molar-refractivity contribution in [3.05, 3.63) is 28.2 Å². The van der Waals surface area contributed by atoms with E-state index in [1.165, 1.54) is 9.80 Å². The van der Waals surface area contributed by atoms with E-state index in [9.17, 15) is 10.2 Å². The maximum atomic E-state index is 10.7. The molecule has 0 saturated carbocycles. The van der Waals surface area contributed by atoms with Gasteiger partial charge in [-0.05, 0) is 32.0 Å². The molecule has 4 nitrogen and oxygen atoms in total. The molecule has 4 fully saturated rings. The van der Waals surface area contributed by atoms with Gasteiger partial charge in [0.05, 0.1) is 43.1 Å². The summed E-state index contributed by atoms with van der Waals surface area (Å²) in [5, 5.41) is 21.0. The fourth-order valence-corrected chi connectivity index (χ4v) is 5.82. The van der Waals surface area contributed by atoms with Crippen molar-refractivity contribution >= 4 is 15.9 Å². The molecule has 0 atom stereocenters. The van der Waals surface area contributed by atoms with Gasteiger partial charge in [0.25, 0.3) is 0 Å². The van der Waals surface area contributed by atoms with Crippen LogP contribution >= 0.6 is 15.9 Å². The SMILES string of the molecule is CC12C[NH+]3CC(C)(C[NH+](C1)C3c1cc(Br)ccc1O)C2O. The Kier molecular flexibility index (Phi) is 2.82. The second-order valence-electron chi connectivity index (χ2n) is 7.87. The van der Waals surface area contributed by atoms with Gasteiger partial charge >= 0.3 is 0 Å². The van der Waals surface area contributed by atoms with E-state index in [2.05, 4.69) is 35.8 Å². The Morgan fingerprint density at radius 3 is 2.14 bits per heavy atom. The number of halogens is 1. The molecule has 0 radical (unpaired) electrons. The zero-order valence-corrected chi connectivity index (χ0v) is 14.1. The molecule has 4 saturated heterocycles. The van der Waals surface area contributed by atoms with Crippen LogP contribution < -0.4 is 9.80 Å². The summed E-state index contributed by atoms with van der Waals surface area (Å²) in [4.78, 5) is 3.01. The van der Waals surface area contributed by atoms with Crippen molar-refractivity contribution in [3.63, 3.8) is 0 Å². The third-order valence-corrected chi connectivity index (χ3v) is 6.45. The third kappa shape index (κ3) is 1.84. The lowest BCUT2D eigenvalue weighted by Crippen LogP contribution is -3.41. The summed E-state index contributed by atoms with van der Waals surface area (Å²) < 4.78 is 1.02. The largest absolute Gasteiger partial charge is 0.507 e. The lowest BCUT2D eigenvalue weighted by atomic mass is 9.60. The van der Waals surface area contributed by atoms with Crippen molar-refractivity contribution in [3.8, 4) is 5.75 Å².